The van der Waals surface area contributed by atoms with Gasteiger partial charge in [0.2, 0.25) is 0 Å². The molecule has 1 fully saturated rings. The number of rotatable bonds is 3. The second-order valence-electron chi connectivity index (χ2n) is 3.79. The molecule has 1 nitrogen and oxygen atoms in total. The fraction of sp³-hybridized carbons (Fsp3) is 0.818. The molecule has 2 atom stereocenters. The Morgan fingerprint density at radius 3 is 2.92 bits per heavy atom. The van der Waals surface area contributed by atoms with E-state index in [1.807, 2.05) is 0 Å². The fourth-order valence-corrected chi connectivity index (χ4v) is 1.97. The summed E-state index contributed by atoms with van der Waals surface area (Å²) in [7, 11) is 0. The average molecular weight is 168 g/mol. The van der Waals surface area contributed by atoms with Crippen LogP contribution in [-0.4, -0.2) is 12.7 Å². The molecule has 0 amide bonds. The average Bonchev–Trinajstić information content (AvgIpc) is 2.05. The molecule has 0 N–H and O–H groups in total. The van der Waals surface area contributed by atoms with Crippen molar-refractivity contribution in [3.05, 3.63) is 12.2 Å². The van der Waals surface area contributed by atoms with Gasteiger partial charge in [-0.1, -0.05) is 25.5 Å². The highest BCUT2D eigenvalue weighted by atomic mass is 16.5. The lowest BCUT2D eigenvalue weighted by Gasteiger charge is -2.32. The Hall–Kier alpha value is -0.300. The standard InChI is InChI=1S/C11H20O/c1-4-6-11-10(9(2)3)7-5-8-12-11/h10-11H,2,4-8H2,1,3H3/t10-,11-/m0/s1. The van der Waals surface area contributed by atoms with Crippen LogP contribution in [0.4, 0.5) is 0 Å². The van der Waals surface area contributed by atoms with Crippen LogP contribution >= 0.6 is 0 Å². The van der Waals surface area contributed by atoms with Crippen molar-refractivity contribution in [3.8, 4) is 0 Å². The van der Waals surface area contributed by atoms with Gasteiger partial charge in [-0.15, -0.1) is 0 Å². The van der Waals surface area contributed by atoms with E-state index in [0.717, 1.165) is 6.61 Å². The molecule has 1 aliphatic heterocycles. The quantitative estimate of drug-likeness (QED) is 0.588. The summed E-state index contributed by atoms with van der Waals surface area (Å²) >= 11 is 0. The molecule has 12 heavy (non-hydrogen) atoms. The molecule has 1 saturated heterocycles. The largest absolute Gasteiger partial charge is 0.378 e. The summed E-state index contributed by atoms with van der Waals surface area (Å²) in [5, 5.41) is 0. The summed E-state index contributed by atoms with van der Waals surface area (Å²) in [4.78, 5) is 0. The molecule has 0 aromatic rings. The van der Waals surface area contributed by atoms with Gasteiger partial charge in [-0.2, -0.15) is 0 Å². The van der Waals surface area contributed by atoms with Crippen LogP contribution in [0.5, 0.6) is 0 Å². The fourth-order valence-electron chi connectivity index (χ4n) is 1.97. The highest BCUT2D eigenvalue weighted by Crippen LogP contribution is 2.28. The molecule has 1 rings (SSSR count). The molecule has 0 aliphatic carbocycles. The van der Waals surface area contributed by atoms with Gasteiger partial charge in [0.25, 0.3) is 0 Å². The predicted octanol–water partition coefficient (Wildman–Crippen LogP) is 3.16. The first-order chi connectivity index (χ1) is 5.75. The van der Waals surface area contributed by atoms with Gasteiger partial charge in [0.05, 0.1) is 6.10 Å². The Labute approximate surface area is 75.8 Å². The van der Waals surface area contributed by atoms with Crippen molar-refractivity contribution in [1.82, 2.24) is 0 Å². The highest BCUT2D eigenvalue weighted by molar-refractivity contribution is 5.00. The first kappa shape index (κ1) is 9.79. The Kier molecular flexibility index (Phi) is 3.80. The third-order valence-electron chi connectivity index (χ3n) is 2.65. The van der Waals surface area contributed by atoms with E-state index < -0.39 is 0 Å². The van der Waals surface area contributed by atoms with Gasteiger partial charge in [-0.3, -0.25) is 0 Å². The van der Waals surface area contributed by atoms with Crippen molar-refractivity contribution in [2.75, 3.05) is 6.61 Å². The van der Waals surface area contributed by atoms with Gasteiger partial charge in [-0.25, -0.2) is 0 Å². The minimum Gasteiger partial charge on any atom is -0.378 e. The number of hydrogen-bond acceptors (Lipinski definition) is 1. The van der Waals surface area contributed by atoms with Crippen LogP contribution < -0.4 is 0 Å². The smallest absolute Gasteiger partial charge is 0.0640 e. The maximum absolute atomic E-state index is 5.73. The van der Waals surface area contributed by atoms with Crippen LogP contribution in [0.25, 0.3) is 0 Å². The van der Waals surface area contributed by atoms with Gasteiger partial charge < -0.3 is 4.74 Å². The van der Waals surface area contributed by atoms with Crippen molar-refractivity contribution in [1.29, 1.82) is 0 Å². The van der Waals surface area contributed by atoms with Gasteiger partial charge in [0, 0.05) is 12.5 Å². The Balaban J connectivity index is 2.48. The molecule has 1 heterocycles. The molecule has 0 bridgehead atoms. The normalized spacial score (nSPS) is 30.2. The third-order valence-corrected chi connectivity index (χ3v) is 2.65. The van der Waals surface area contributed by atoms with Gasteiger partial charge in [0.1, 0.15) is 0 Å². The molecular formula is C11H20O. The van der Waals surface area contributed by atoms with E-state index in [1.54, 1.807) is 0 Å². The minimum atomic E-state index is 0.459. The Morgan fingerprint density at radius 2 is 2.33 bits per heavy atom. The Bertz CT molecular complexity index is 149. The topological polar surface area (TPSA) is 9.23 Å². The molecule has 70 valence electrons. The van der Waals surface area contributed by atoms with Crippen molar-refractivity contribution < 1.29 is 4.74 Å². The molecule has 1 aliphatic rings. The Morgan fingerprint density at radius 1 is 1.58 bits per heavy atom. The van der Waals surface area contributed by atoms with E-state index in [1.165, 1.54) is 31.3 Å². The number of hydrogen-bond donors (Lipinski definition) is 0. The maximum Gasteiger partial charge on any atom is 0.0640 e. The van der Waals surface area contributed by atoms with Gasteiger partial charge in [0.15, 0.2) is 0 Å². The summed E-state index contributed by atoms with van der Waals surface area (Å²) in [6.07, 6.45) is 5.35. The third kappa shape index (κ3) is 2.34. The van der Waals surface area contributed by atoms with Crippen molar-refractivity contribution >= 4 is 0 Å². The van der Waals surface area contributed by atoms with Crippen LogP contribution in [0.15, 0.2) is 12.2 Å². The van der Waals surface area contributed by atoms with E-state index >= 15 is 0 Å². The molecule has 0 saturated carbocycles. The summed E-state index contributed by atoms with van der Waals surface area (Å²) in [5.41, 5.74) is 1.30. The zero-order valence-electron chi connectivity index (χ0n) is 8.31. The summed E-state index contributed by atoms with van der Waals surface area (Å²) in [6, 6.07) is 0. The summed E-state index contributed by atoms with van der Waals surface area (Å²) < 4.78 is 5.73. The molecule has 1 heteroatoms. The monoisotopic (exact) mass is 168 g/mol. The first-order valence-electron chi connectivity index (χ1n) is 5.02. The molecule has 0 unspecified atom stereocenters. The van der Waals surface area contributed by atoms with E-state index in [0.29, 0.717) is 12.0 Å². The van der Waals surface area contributed by atoms with E-state index in [2.05, 4.69) is 20.4 Å². The molecular weight excluding hydrogens is 148 g/mol. The summed E-state index contributed by atoms with van der Waals surface area (Å²) in [6.45, 7) is 9.33. The highest BCUT2D eigenvalue weighted by Gasteiger charge is 2.25. The molecule has 0 aromatic carbocycles. The lowest BCUT2D eigenvalue weighted by molar-refractivity contribution is -0.0190. The molecule has 0 aromatic heterocycles. The predicted molar refractivity (Wildman–Crippen MR) is 52.2 cm³/mol. The van der Waals surface area contributed by atoms with Crippen LogP contribution in [0.2, 0.25) is 0 Å². The van der Waals surface area contributed by atoms with Gasteiger partial charge >= 0.3 is 0 Å². The lowest BCUT2D eigenvalue weighted by Crippen LogP contribution is -2.29. The van der Waals surface area contributed by atoms with Crippen LogP contribution in [0.1, 0.15) is 39.5 Å². The van der Waals surface area contributed by atoms with Crippen LogP contribution in [0, 0.1) is 5.92 Å². The minimum absolute atomic E-state index is 0.459. The number of ether oxygens (including phenoxy) is 1. The second-order valence-corrected chi connectivity index (χ2v) is 3.79. The zero-order valence-corrected chi connectivity index (χ0v) is 8.31. The van der Waals surface area contributed by atoms with Crippen LogP contribution in [0.3, 0.4) is 0 Å². The van der Waals surface area contributed by atoms with Crippen molar-refractivity contribution in [2.45, 2.75) is 45.6 Å². The van der Waals surface area contributed by atoms with E-state index in [9.17, 15) is 0 Å². The SMILES string of the molecule is C=C(C)[C@@H]1CCCO[C@H]1CCC. The second kappa shape index (κ2) is 4.66. The summed E-state index contributed by atoms with van der Waals surface area (Å²) in [5.74, 6) is 0.624. The first-order valence-corrected chi connectivity index (χ1v) is 5.02. The van der Waals surface area contributed by atoms with E-state index in [-0.39, 0.29) is 0 Å². The van der Waals surface area contributed by atoms with Crippen LogP contribution in [-0.2, 0) is 4.74 Å². The maximum atomic E-state index is 5.73. The van der Waals surface area contributed by atoms with E-state index in [4.69, 9.17) is 4.74 Å². The molecule has 0 radical (unpaired) electrons. The van der Waals surface area contributed by atoms with Crippen molar-refractivity contribution in [3.63, 3.8) is 0 Å². The van der Waals surface area contributed by atoms with Gasteiger partial charge in [-0.05, 0) is 26.2 Å². The lowest BCUT2D eigenvalue weighted by atomic mass is 9.86. The molecule has 0 spiro atoms. The van der Waals surface area contributed by atoms with Crippen molar-refractivity contribution in [2.24, 2.45) is 5.92 Å². The zero-order chi connectivity index (χ0) is 8.97.